The molecule has 8 heteroatoms. The number of sulfonamides is 1. The molecule has 13 heavy (non-hydrogen) atoms. The van der Waals surface area contributed by atoms with Crippen LogP contribution in [0.4, 0.5) is 8.78 Å². The molecule has 0 amide bonds. The maximum atomic E-state index is 12.0. The second kappa shape index (κ2) is 4.77. The van der Waals surface area contributed by atoms with Crippen molar-refractivity contribution in [1.82, 2.24) is 4.31 Å². The zero-order chi connectivity index (χ0) is 10.6. The van der Waals surface area contributed by atoms with Gasteiger partial charge in [0.05, 0.1) is 11.5 Å². The minimum absolute atomic E-state index is 0.0794. The molecule has 0 aliphatic heterocycles. The number of nitrogens with zero attached hydrogens (tertiary/aromatic N) is 1. The molecule has 0 unspecified atom stereocenters. The normalized spacial score (nSPS) is 12.4. The lowest BCUT2D eigenvalue weighted by Gasteiger charge is -2.18. The van der Waals surface area contributed by atoms with Crippen LogP contribution < -0.4 is 5.73 Å². The summed E-state index contributed by atoms with van der Waals surface area (Å²) in [6.07, 6.45) is 0. The molecule has 78 valence electrons. The molecule has 0 rings (SSSR count). The van der Waals surface area contributed by atoms with E-state index in [1.54, 1.807) is 0 Å². The summed E-state index contributed by atoms with van der Waals surface area (Å²) >= 11 is 4.42. The largest absolute Gasteiger partial charge is 0.392 e. The molecule has 0 heterocycles. The van der Waals surface area contributed by atoms with Crippen molar-refractivity contribution in [2.24, 2.45) is 5.73 Å². The molecule has 0 aromatic heterocycles. The number of halogens is 2. The van der Waals surface area contributed by atoms with Gasteiger partial charge in [-0.15, -0.1) is 0 Å². The lowest BCUT2D eigenvalue weighted by Crippen LogP contribution is -2.40. The van der Waals surface area contributed by atoms with E-state index in [0.717, 1.165) is 0 Å². The fourth-order valence-electron chi connectivity index (χ4n) is 0.668. The van der Waals surface area contributed by atoms with Gasteiger partial charge < -0.3 is 5.73 Å². The predicted molar refractivity (Wildman–Crippen MR) is 49.0 cm³/mol. The molecule has 0 saturated carbocycles. The van der Waals surface area contributed by atoms with Gasteiger partial charge in [0.15, 0.2) is 0 Å². The Hall–Kier alpha value is -0.340. The van der Waals surface area contributed by atoms with Gasteiger partial charge in [-0.2, -0.15) is 13.1 Å². The average molecular weight is 232 g/mol. The van der Waals surface area contributed by atoms with Crippen LogP contribution in [0.5, 0.6) is 0 Å². The molecule has 0 bridgehead atoms. The maximum Gasteiger partial charge on any atom is 0.350 e. The first kappa shape index (κ1) is 12.7. The molecule has 0 fully saturated rings. The van der Waals surface area contributed by atoms with Crippen LogP contribution >= 0.6 is 12.2 Å². The van der Waals surface area contributed by atoms with Gasteiger partial charge in [0.2, 0.25) is 0 Å². The highest BCUT2D eigenvalue weighted by atomic mass is 32.2. The van der Waals surface area contributed by atoms with Crippen LogP contribution in [0.2, 0.25) is 0 Å². The van der Waals surface area contributed by atoms with Crippen LogP contribution in [0.3, 0.4) is 0 Å². The van der Waals surface area contributed by atoms with Gasteiger partial charge in [0.25, 0.3) is 10.0 Å². The fraction of sp³-hybridized carbons (Fsp3) is 0.800. The van der Waals surface area contributed by atoms with Crippen molar-refractivity contribution in [2.45, 2.75) is 12.7 Å². The number of hydrogen-bond acceptors (Lipinski definition) is 3. The van der Waals surface area contributed by atoms with E-state index < -0.39 is 15.8 Å². The number of alkyl halides is 2. The first-order valence-corrected chi connectivity index (χ1v) is 5.29. The van der Waals surface area contributed by atoms with Gasteiger partial charge >= 0.3 is 5.76 Å². The van der Waals surface area contributed by atoms with E-state index >= 15 is 0 Å². The molecule has 0 saturated heterocycles. The van der Waals surface area contributed by atoms with Crippen molar-refractivity contribution in [3.63, 3.8) is 0 Å². The van der Waals surface area contributed by atoms with Crippen molar-refractivity contribution in [2.75, 3.05) is 13.1 Å². The monoisotopic (exact) mass is 232 g/mol. The Labute approximate surface area is 80.7 Å². The summed E-state index contributed by atoms with van der Waals surface area (Å²) in [5.74, 6) is -3.43. The van der Waals surface area contributed by atoms with E-state index in [0.29, 0.717) is 4.31 Å². The number of nitrogens with two attached hydrogens (primary N) is 1. The minimum Gasteiger partial charge on any atom is -0.392 e. The predicted octanol–water partition coefficient (Wildman–Crippen LogP) is 0.147. The topological polar surface area (TPSA) is 63.4 Å². The maximum absolute atomic E-state index is 12.0. The Kier molecular flexibility index (Phi) is 4.65. The highest BCUT2D eigenvalue weighted by molar-refractivity contribution is 7.89. The van der Waals surface area contributed by atoms with E-state index in [1.165, 1.54) is 6.92 Å². The molecule has 0 spiro atoms. The third-order valence-electron chi connectivity index (χ3n) is 1.27. The summed E-state index contributed by atoms with van der Waals surface area (Å²) in [6.45, 7) is 1.00. The summed E-state index contributed by atoms with van der Waals surface area (Å²) in [4.78, 5) is -0.133. The highest BCUT2D eigenvalue weighted by Gasteiger charge is 2.30. The van der Waals surface area contributed by atoms with Crippen molar-refractivity contribution in [3.05, 3.63) is 0 Å². The van der Waals surface area contributed by atoms with Gasteiger partial charge in [-0.3, -0.25) is 0 Å². The van der Waals surface area contributed by atoms with Gasteiger partial charge in [0, 0.05) is 6.54 Å². The number of rotatable bonds is 5. The SMILES string of the molecule is CCN(CC(N)=S)S(=O)(=O)C(F)F. The molecule has 0 aliphatic carbocycles. The molecule has 0 aromatic rings. The van der Waals surface area contributed by atoms with E-state index in [4.69, 9.17) is 5.73 Å². The molecule has 0 radical (unpaired) electrons. The summed E-state index contributed by atoms with van der Waals surface area (Å²) in [7, 11) is -4.55. The standard InChI is InChI=1S/C5H10F2N2O2S2/c1-2-9(3-4(8)12)13(10,11)5(6)7/h5H,2-3H2,1H3,(H2,8,12). The molecule has 0 aromatic carbocycles. The van der Waals surface area contributed by atoms with Crippen LogP contribution in [0.1, 0.15) is 6.92 Å². The second-order valence-electron chi connectivity index (χ2n) is 2.20. The Balaban J connectivity index is 4.68. The van der Waals surface area contributed by atoms with Crippen LogP contribution in [0, 0.1) is 0 Å². The first-order valence-electron chi connectivity index (χ1n) is 3.37. The summed E-state index contributed by atoms with van der Waals surface area (Å²) in [5, 5.41) is 0. The molecule has 4 nitrogen and oxygen atoms in total. The Morgan fingerprint density at radius 2 is 2.08 bits per heavy atom. The average Bonchev–Trinajstić information content (AvgIpc) is 1.99. The zero-order valence-electron chi connectivity index (χ0n) is 6.91. The Morgan fingerprint density at radius 3 is 2.31 bits per heavy atom. The van der Waals surface area contributed by atoms with Crippen molar-refractivity contribution in [3.8, 4) is 0 Å². The van der Waals surface area contributed by atoms with Crippen LogP contribution in [0.25, 0.3) is 0 Å². The zero-order valence-corrected chi connectivity index (χ0v) is 8.54. The quantitative estimate of drug-likeness (QED) is 0.685. The molecular weight excluding hydrogens is 222 g/mol. The second-order valence-corrected chi connectivity index (χ2v) is 4.63. The third kappa shape index (κ3) is 3.49. The van der Waals surface area contributed by atoms with Gasteiger partial charge in [-0.1, -0.05) is 19.1 Å². The lowest BCUT2D eigenvalue weighted by atomic mass is 10.6. The fourth-order valence-corrected chi connectivity index (χ4v) is 1.81. The van der Waals surface area contributed by atoms with Crippen LogP contribution in [-0.4, -0.2) is 36.6 Å². The molecule has 0 aliphatic rings. The van der Waals surface area contributed by atoms with Crippen LogP contribution in [0.15, 0.2) is 0 Å². The van der Waals surface area contributed by atoms with E-state index in [1.807, 2.05) is 0 Å². The molecular formula is C5H10F2N2O2S2. The number of hydrogen-bond donors (Lipinski definition) is 1. The Morgan fingerprint density at radius 1 is 1.62 bits per heavy atom. The smallest absolute Gasteiger partial charge is 0.350 e. The Bertz CT molecular complexity index is 278. The van der Waals surface area contributed by atoms with E-state index in [2.05, 4.69) is 12.2 Å². The van der Waals surface area contributed by atoms with Crippen molar-refractivity contribution in [1.29, 1.82) is 0 Å². The summed E-state index contributed by atoms with van der Waals surface area (Å²) in [6, 6.07) is 0. The highest BCUT2D eigenvalue weighted by Crippen LogP contribution is 2.10. The van der Waals surface area contributed by atoms with Crippen molar-refractivity contribution >= 4 is 27.2 Å². The van der Waals surface area contributed by atoms with Crippen molar-refractivity contribution < 1.29 is 17.2 Å². The van der Waals surface area contributed by atoms with Crippen LogP contribution in [-0.2, 0) is 10.0 Å². The number of likely N-dealkylation sites (N-methyl/N-ethyl adjacent to an activating group) is 1. The number of thiocarbonyl (C=S) groups is 1. The first-order chi connectivity index (χ1) is 5.82. The van der Waals surface area contributed by atoms with Gasteiger partial charge in [-0.25, -0.2) is 8.42 Å². The minimum atomic E-state index is -4.55. The molecule has 2 N–H and O–H groups in total. The van der Waals surface area contributed by atoms with E-state index in [-0.39, 0.29) is 18.1 Å². The summed E-state index contributed by atoms with van der Waals surface area (Å²) < 4.78 is 46.2. The molecule has 0 atom stereocenters. The van der Waals surface area contributed by atoms with Gasteiger partial charge in [0.1, 0.15) is 0 Å². The van der Waals surface area contributed by atoms with E-state index in [9.17, 15) is 17.2 Å². The van der Waals surface area contributed by atoms with Gasteiger partial charge in [-0.05, 0) is 0 Å². The summed E-state index contributed by atoms with van der Waals surface area (Å²) in [5.41, 5.74) is 5.05. The third-order valence-corrected chi connectivity index (χ3v) is 2.96. The lowest BCUT2D eigenvalue weighted by molar-refractivity contribution is 0.222.